The van der Waals surface area contributed by atoms with Gasteiger partial charge in [-0.3, -0.25) is 0 Å². The third-order valence-electron chi connectivity index (χ3n) is 6.86. The zero-order valence-electron chi connectivity index (χ0n) is 25.1. The average molecular weight is 527 g/mol. The van der Waals surface area contributed by atoms with Crippen molar-refractivity contribution in [1.82, 2.24) is 4.67 Å². The summed E-state index contributed by atoms with van der Waals surface area (Å²) >= 11 is 0. The maximum atomic E-state index is 8.82. The van der Waals surface area contributed by atoms with Gasteiger partial charge in [0.1, 0.15) is 0 Å². The van der Waals surface area contributed by atoms with Crippen LogP contribution < -0.4 is 0 Å². The van der Waals surface area contributed by atoms with Gasteiger partial charge in [-0.15, -0.1) is 0 Å². The molecule has 0 amide bonds. The van der Waals surface area contributed by atoms with Crippen molar-refractivity contribution in [2.24, 2.45) is 0 Å². The molecule has 0 bridgehead atoms. The van der Waals surface area contributed by atoms with Crippen LogP contribution in [0.4, 0.5) is 0 Å². The zero-order chi connectivity index (χ0) is 26.7. The van der Waals surface area contributed by atoms with Crippen LogP contribution in [-0.4, -0.2) is 30.0 Å². The maximum absolute atomic E-state index is 8.82. The highest BCUT2D eigenvalue weighted by Crippen LogP contribution is 2.46. The van der Waals surface area contributed by atoms with Gasteiger partial charge in [-0.2, -0.15) is 5.26 Å². The Morgan fingerprint density at radius 3 is 1.22 bits per heavy atom. The smallest absolute Gasteiger partial charge is 0.259 e. The molecule has 0 aromatic heterocycles. The molecule has 0 aliphatic heterocycles. The van der Waals surface area contributed by atoms with Crippen LogP contribution in [0.2, 0.25) is 0 Å². The molecule has 36 heavy (non-hydrogen) atoms. The second-order valence-corrected chi connectivity index (χ2v) is 12.6. The minimum atomic E-state index is -1.08. The minimum absolute atomic E-state index is 0.369. The Labute approximate surface area is 228 Å². The number of rotatable bonds is 28. The molecule has 0 saturated carbocycles. The summed E-state index contributed by atoms with van der Waals surface area (Å²) in [6, 6.07) is 2.90. The Kier molecular flexibility index (Phi) is 27.7. The van der Waals surface area contributed by atoms with Crippen LogP contribution in [0.5, 0.6) is 0 Å². The first-order valence-corrected chi connectivity index (χ1v) is 16.9. The summed E-state index contributed by atoms with van der Waals surface area (Å²) in [4.78, 5) is 0. The van der Waals surface area contributed by atoms with Gasteiger partial charge in [0.25, 0.3) is 8.53 Å². The van der Waals surface area contributed by atoms with Gasteiger partial charge in [0.15, 0.2) is 0 Å². The summed E-state index contributed by atoms with van der Waals surface area (Å²) in [5.74, 6) is 0. The molecule has 0 aliphatic carbocycles. The van der Waals surface area contributed by atoms with Gasteiger partial charge < -0.3 is 9.05 Å². The maximum Gasteiger partial charge on any atom is 0.259 e. The number of hydrogen-bond donors (Lipinski definition) is 0. The fraction of sp³-hybridized carbons (Fsp3) is 0.968. The molecule has 0 saturated heterocycles. The second-order valence-electron chi connectivity index (χ2n) is 11.1. The third kappa shape index (κ3) is 23.0. The molecule has 0 rings (SSSR count). The van der Waals surface area contributed by atoms with Gasteiger partial charge in [-0.05, 0) is 34.1 Å². The molecule has 0 aliphatic rings. The fourth-order valence-corrected chi connectivity index (χ4v) is 6.44. The fourth-order valence-electron chi connectivity index (χ4n) is 4.81. The molecule has 0 fully saturated rings. The van der Waals surface area contributed by atoms with Crippen LogP contribution in [0.25, 0.3) is 0 Å². The van der Waals surface area contributed by atoms with E-state index < -0.39 is 8.53 Å². The minimum Gasteiger partial charge on any atom is -0.322 e. The molecule has 0 aromatic rings. The van der Waals surface area contributed by atoms with Gasteiger partial charge in [-0.1, -0.05) is 129 Å². The number of nitrogens with zero attached hydrogens (tertiary/aromatic N) is 2. The van der Waals surface area contributed by atoms with Crippen molar-refractivity contribution in [1.29, 1.82) is 5.26 Å². The molecule has 1 atom stereocenters. The highest BCUT2D eigenvalue weighted by molar-refractivity contribution is 7.44. The van der Waals surface area contributed by atoms with Crippen LogP contribution in [0.15, 0.2) is 0 Å². The topological polar surface area (TPSA) is 45.5 Å². The van der Waals surface area contributed by atoms with Crippen molar-refractivity contribution in [2.75, 3.05) is 13.2 Å². The monoisotopic (exact) mass is 526 g/mol. The lowest BCUT2D eigenvalue weighted by molar-refractivity contribution is 0.174. The first-order valence-electron chi connectivity index (χ1n) is 15.8. The quantitative estimate of drug-likeness (QED) is 0.0751. The molecule has 0 aromatic carbocycles. The van der Waals surface area contributed by atoms with E-state index in [1.54, 1.807) is 0 Å². The zero-order valence-corrected chi connectivity index (χ0v) is 26.0. The van der Waals surface area contributed by atoms with Crippen molar-refractivity contribution in [2.45, 2.75) is 182 Å². The lowest BCUT2D eigenvalue weighted by atomic mass is 10.0. The van der Waals surface area contributed by atoms with Crippen LogP contribution in [0.1, 0.15) is 169 Å². The SMILES string of the molecule is CCCCCCCCCCCCCCCCCCCCCCOP(OCCC#N)N(C(C)C)C(C)C. The Morgan fingerprint density at radius 1 is 0.556 bits per heavy atom. The van der Waals surface area contributed by atoms with Gasteiger partial charge in [0.2, 0.25) is 0 Å². The van der Waals surface area contributed by atoms with E-state index >= 15 is 0 Å². The molecule has 5 heteroatoms. The Bertz CT molecular complexity index is 474. The van der Waals surface area contributed by atoms with Crippen molar-refractivity contribution >= 4 is 8.53 Å². The Morgan fingerprint density at radius 2 is 0.889 bits per heavy atom. The normalized spacial score (nSPS) is 12.6. The standard InChI is InChI=1S/C31H63N2O2P/c1-6-7-8-9-10-11-12-13-14-15-16-17-18-19-20-21-22-23-24-25-28-34-36(35-29-26-27-32)33(30(2)3)31(4)5/h30-31H,6-26,28-29H2,1-5H3. The van der Waals surface area contributed by atoms with Crippen molar-refractivity contribution in [3.63, 3.8) is 0 Å². The molecular formula is C31H63N2O2P. The van der Waals surface area contributed by atoms with E-state index in [9.17, 15) is 0 Å². The molecule has 0 spiro atoms. The lowest BCUT2D eigenvalue weighted by Crippen LogP contribution is -2.33. The molecule has 0 heterocycles. The van der Waals surface area contributed by atoms with Crippen molar-refractivity contribution in [3.8, 4) is 6.07 Å². The van der Waals surface area contributed by atoms with Crippen LogP contribution in [0.3, 0.4) is 0 Å². The molecular weight excluding hydrogens is 463 g/mol. The van der Waals surface area contributed by atoms with E-state index in [1.165, 1.54) is 122 Å². The summed E-state index contributed by atoms with van der Waals surface area (Å²) in [7, 11) is -1.08. The molecule has 0 radical (unpaired) electrons. The van der Waals surface area contributed by atoms with Gasteiger partial charge >= 0.3 is 0 Å². The van der Waals surface area contributed by atoms with Crippen LogP contribution >= 0.6 is 8.53 Å². The highest BCUT2D eigenvalue weighted by Gasteiger charge is 2.26. The van der Waals surface area contributed by atoms with E-state index in [0.29, 0.717) is 25.1 Å². The molecule has 1 unspecified atom stereocenters. The second kappa shape index (κ2) is 27.8. The van der Waals surface area contributed by atoms with E-state index in [1.807, 2.05) is 0 Å². The molecule has 0 N–H and O–H groups in total. The summed E-state index contributed by atoms with van der Waals surface area (Å²) in [6.07, 6.45) is 28.4. The summed E-state index contributed by atoms with van der Waals surface area (Å²) in [5, 5.41) is 8.82. The summed E-state index contributed by atoms with van der Waals surface area (Å²) < 4.78 is 14.4. The summed E-state index contributed by atoms with van der Waals surface area (Å²) in [6.45, 7) is 12.2. The third-order valence-corrected chi connectivity index (χ3v) is 8.97. The Hall–Kier alpha value is -0.200. The van der Waals surface area contributed by atoms with Gasteiger partial charge in [0.05, 0.1) is 25.7 Å². The first kappa shape index (κ1) is 35.8. The number of hydrogen-bond acceptors (Lipinski definition) is 4. The van der Waals surface area contributed by atoms with Crippen LogP contribution in [-0.2, 0) is 9.05 Å². The highest BCUT2D eigenvalue weighted by atomic mass is 31.2. The van der Waals surface area contributed by atoms with E-state index in [4.69, 9.17) is 14.3 Å². The number of unbranched alkanes of at least 4 members (excludes halogenated alkanes) is 19. The number of nitriles is 1. The van der Waals surface area contributed by atoms with Gasteiger partial charge in [-0.25, -0.2) is 4.67 Å². The van der Waals surface area contributed by atoms with Crippen LogP contribution in [0, 0.1) is 11.3 Å². The van der Waals surface area contributed by atoms with E-state index in [0.717, 1.165) is 13.0 Å². The average Bonchev–Trinajstić information content (AvgIpc) is 2.84. The van der Waals surface area contributed by atoms with Crippen molar-refractivity contribution < 1.29 is 9.05 Å². The predicted octanol–water partition coefficient (Wildman–Crippen LogP) is 11.1. The lowest BCUT2D eigenvalue weighted by Gasteiger charge is -2.35. The van der Waals surface area contributed by atoms with Crippen molar-refractivity contribution in [3.05, 3.63) is 0 Å². The summed E-state index contributed by atoms with van der Waals surface area (Å²) in [5.41, 5.74) is 0. The largest absolute Gasteiger partial charge is 0.322 e. The molecule has 4 nitrogen and oxygen atoms in total. The Balaban J connectivity index is 3.53. The predicted molar refractivity (Wildman–Crippen MR) is 159 cm³/mol. The van der Waals surface area contributed by atoms with Gasteiger partial charge in [0, 0.05) is 12.1 Å². The first-order chi connectivity index (χ1) is 17.5. The van der Waals surface area contributed by atoms with E-state index in [-0.39, 0.29) is 0 Å². The van der Waals surface area contributed by atoms with E-state index in [2.05, 4.69) is 45.4 Å². The molecule has 214 valence electrons.